The van der Waals surface area contributed by atoms with Gasteiger partial charge in [-0.15, -0.1) is 0 Å². The predicted octanol–water partition coefficient (Wildman–Crippen LogP) is 15.5. The molecule has 2 unspecified atom stereocenters. The second kappa shape index (κ2) is 49.5. The molecule has 0 aliphatic rings. The van der Waals surface area contributed by atoms with E-state index in [2.05, 4.69) is 49.5 Å². The van der Waals surface area contributed by atoms with E-state index >= 15 is 0 Å². The molecule has 3 N–H and O–H groups in total. The van der Waals surface area contributed by atoms with E-state index in [0.717, 1.165) is 51.4 Å². The van der Waals surface area contributed by atoms with Gasteiger partial charge < -0.3 is 20.3 Å². The molecule has 0 aromatic heterocycles. The normalized spacial score (nSPS) is 13.1. The van der Waals surface area contributed by atoms with Gasteiger partial charge in [0.2, 0.25) is 5.91 Å². The number of hydrogen-bond donors (Lipinski definition) is 3. The number of allylic oxidation sites excluding steroid dienone is 7. The SMILES string of the molecule is CCCCC/C=C\CCCCCCCC(=O)OCCCCCCCC/C=C\C/C=C\CCC(=O)NC(CO)C(O)/C=C/CCCCCCCCCCCCCCCCCC. The van der Waals surface area contributed by atoms with Gasteiger partial charge in [-0.25, -0.2) is 0 Å². The third kappa shape index (κ3) is 45.3. The van der Waals surface area contributed by atoms with Crippen molar-refractivity contribution in [3.05, 3.63) is 48.6 Å². The van der Waals surface area contributed by atoms with Crippen LogP contribution >= 0.6 is 0 Å². The Bertz CT molecular complexity index is 1020. The molecule has 350 valence electrons. The minimum atomic E-state index is -0.880. The van der Waals surface area contributed by atoms with Crippen LogP contribution < -0.4 is 5.32 Å². The van der Waals surface area contributed by atoms with E-state index in [-0.39, 0.29) is 18.5 Å². The third-order valence-electron chi connectivity index (χ3n) is 11.6. The summed E-state index contributed by atoms with van der Waals surface area (Å²) in [6, 6.07) is -0.673. The minimum Gasteiger partial charge on any atom is -0.466 e. The lowest BCUT2D eigenvalue weighted by Crippen LogP contribution is -2.45. The van der Waals surface area contributed by atoms with Gasteiger partial charge >= 0.3 is 5.97 Å². The maximum absolute atomic E-state index is 12.4. The molecule has 0 aliphatic heterocycles. The van der Waals surface area contributed by atoms with Crippen LogP contribution in [0.4, 0.5) is 0 Å². The molecule has 0 saturated carbocycles. The molecule has 0 fully saturated rings. The summed E-state index contributed by atoms with van der Waals surface area (Å²) in [5.41, 5.74) is 0. The second-order valence-corrected chi connectivity index (χ2v) is 17.5. The van der Waals surface area contributed by atoms with Gasteiger partial charge in [0.25, 0.3) is 0 Å². The average Bonchev–Trinajstić information content (AvgIpc) is 3.25. The standard InChI is InChI=1S/C54H99NO5/c1-3-5-7-9-11-13-15-17-18-19-20-21-23-26-30-34-38-42-46-52(57)51(50-56)55-53(58)47-43-39-35-31-27-24-22-25-29-33-37-41-45-49-60-54(59)48-44-40-36-32-28-16-14-12-10-8-6-4-2/h12,14,24,27,35,39,42,46,51-52,56-57H,3-11,13,15-23,25-26,28-34,36-38,40-41,43-45,47-50H2,1-2H3,(H,55,58)/b14-12-,27-24-,39-35-,46-42+. The number of esters is 1. The van der Waals surface area contributed by atoms with Crippen molar-refractivity contribution >= 4 is 11.9 Å². The highest BCUT2D eigenvalue weighted by molar-refractivity contribution is 5.76. The van der Waals surface area contributed by atoms with Gasteiger partial charge in [0.05, 0.1) is 25.4 Å². The number of unbranched alkanes of at least 4 members (excludes halogenated alkanes) is 30. The van der Waals surface area contributed by atoms with Crippen molar-refractivity contribution in [1.82, 2.24) is 5.32 Å². The van der Waals surface area contributed by atoms with Crippen molar-refractivity contribution in [3.8, 4) is 0 Å². The Morgan fingerprint density at radius 1 is 0.467 bits per heavy atom. The van der Waals surface area contributed by atoms with Crippen LogP contribution in [-0.2, 0) is 14.3 Å². The van der Waals surface area contributed by atoms with Crippen molar-refractivity contribution in [3.63, 3.8) is 0 Å². The third-order valence-corrected chi connectivity index (χ3v) is 11.6. The summed E-state index contributed by atoms with van der Waals surface area (Å²) < 4.78 is 5.43. The summed E-state index contributed by atoms with van der Waals surface area (Å²) in [6.07, 6.45) is 61.2. The number of rotatable bonds is 47. The summed E-state index contributed by atoms with van der Waals surface area (Å²) in [4.78, 5) is 24.4. The Hall–Kier alpha value is -2.18. The van der Waals surface area contributed by atoms with Crippen LogP contribution in [0.2, 0.25) is 0 Å². The van der Waals surface area contributed by atoms with Crippen LogP contribution in [0.3, 0.4) is 0 Å². The molecular formula is C54H99NO5. The van der Waals surface area contributed by atoms with Crippen molar-refractivity contribution in [1.29, 1.82) is 0 Å². The predicted molar refractivity (Wildman–Crippen MR) is 259 cm³/mol. The molecule has 2 atom stereocenters. The van der Waals surface area contributed by atoms with Gasteiger partial charge in [-0.05, 0) is 77.0 Å². The van der Waals surface area contributed by atoms with Crippen molar-refractivity contribution in [2.75, 3.05) is 13.2 Å². The first-order valence-corrected chi connectivity index (χ1v) is 25.9. The van der Waals surface area contributed by atoms with E-state index in [1.165, 1.54) is 173 Å². The maximum atomic E-state index is 12.4. The van der Waals surface area contributed by atoms with E-state index in [4.69, 9.17) is 4.74 Å². The summed E-state index contributed by atoms with van der Waals surface area (Å²) in [6.45, 7) is 4.80. The Balaban J connectivity index is 3.61. The molecule has 0 aliphatic carbocycles. The summed E-state index contributed by atoms with van der Waals surface area (Å²) in [7, 11) is 0. The number of aliphatic hydroxyl groups excluding tert-OH is 2. The molecule has 0 aromatic rings. The highest BCUT2D eigenvalue weighted by Crippen LogP contribution is 2.15. The van der Waals surface area contributed by atoms with Gasteiger partial charge in [-0.3, -0.25) is 9.59 Å². The smallest absolute Gasteiger partial charge is 0.305 e. The molecule has 60 heavy (non-hydrogen) atoms. The first-order chi connectivity index (χ1) is 29.5. The van der Waals surface area contributed by atoms with Crippen LogP contribution in [0, 0.1) is 0 Å². The fraction of sp³-hybridized carbons (Fsp3) is 0.815. The molecular weight excluding hydrogens is 743 g/mol. The molecule has 0 rings (SSSR count). The molecule has 0 radical (unpaired) electrons. The summed E-state index contributed by atoms with van der Waals surface area (Å²) in [5, 5.41) is 23.0. The molecule has 6 heteroatoms. The van der Waals surface area contributed by atoms with Gasteiger partial charge in [0.1, 0.15) is 0 Å². The van der Waals surface area contributed by atoms with Crippen LogP contribution in [-0.4, -0.2) is 47.4 Å². The maximum Gasteiger partial charge on any atom is 0.305 e. The molecule has 0 spiro atoms. The lowest BCUT2D eigenvalue weighted by atomic mass is 10.0. The number of amides is 1. The zero-order valence-electron chi connectivity index (χ0n) is 39.7. The van der Waals surface area contributed by atoms with Gasteiger partial charge in [-0.2, -0.15) is 0 Å². The number of aliphatic hydroxyl groups is 2. The summed E-state index contributed by atoms with van der Waals surface area (Å²) >= 11 is 0. The Kier molecular flexibility index (Phi) is 47.7. The lowest BCUT2D eigenvalue weighted by Gasteiger charge is -2.19. The van der Waals surface area contributed by atoms with Crippen LogP contribution in [0.25, 0.3) is 0 Å². The highest BCUT2D eigenvalue weighted by atomic mass is 16.5. The number of carbonyl (C=O) groups is 2. The van der Waals surface area contributed by atoms with E-state index < -0.39 is 12.1 Å². The molecule has 1 amide bonds. The molecule has 0 heterocycles. The van der Waals surface area contributed by atoms with E-state index in [9.17, 15) is 19.8 Å². The minimum absolute atomic E-state index is 0.0293. The first kappa shape index (κ1) is 57.8. The zero-order valence-corrected chi connectivity index (χ0v) is 39.7. The van der Waals surface area contributed by atoms with E-state index in [0.29, 0.717) is 25.9 Å². The van der Waals surface area contributed by atoms with E-state index in [1.807, 2.05) is 12.2 Å². The van der Waals surface area contributed by atoms with Crippen LogP contribution in [0.1, 0.15) is 258 Å². The highest BCUT2D eigenvalue weighted by Gasteiger charge is 2.17. The Morgan fingerprint density at radius 3 is 1.35 bits per heavy atom. The average molecular weight is 842 g/mol. The zero-order chi connectivity index (χ0) is 43.7. The van der Waals surface area contributed by atoms with Crippen LogP contribution in [0.5, 0.6) is 0 Å². The van der Waals surface area contributed by atoms with Crippen molar-refractivity contribution < 1.29 is 24.5 Å². The molecule has 6 nitrogen and oxygen atoms in total. The number of nitrogens with one attached hydrogen (secondary N) is 1. The fourth-order valence-corrected chi connectivity index (χ4v) is 7.56. The number of ether oxygens (including phenoxy) is 1. The molecule has 0 saturated heterocycles. The quantitative estimate of drug-likeness (QED) is 0.0322. The van der Waals surface area contributed by atoms with Crippen molar-refractivity contribution in [2.45, 2.75) is 270 Å². The molecule has 0 aromatic carbocycles. The van der Waals surface area contributed by atoms with Gasteiger partial charge in [0, 0.05) is 12.8 Å². The topological polar surface area (TPSA) is 95.9 Å². The fourth-order valence-electron chi connectivity index (χ4n) is 7.56. The lowest BCUT2D eigenvalue weighted by molar-refractivity contribution is -0.143. The number of hydrogen-bond acceptors (Lipinski definition) is 5. The summed E-state index contributed by atoms with van der Waals surface area (Å²) in [5.74, 6) is -0.178. The monoisotopic (exact) mass is 842 g/mol. The van der Waals surface area contributed by atoms with Gasteiger partial charge in [-0.1, -0.05) is 217 Å². The molecule has 0 bridgehead atoms. The first-order valence-electron chi connectivity index (χ1n) is 25.9. The number of carbonyl (C=O) groups excluding carboxylic acids is 2. The Labute approximate surface area is 372 Å². The van der Waals surface area contributed by atoms with Gasteiger partial charge in [0.15, 0.2) is 0 Å². The van der Waals surface area contributed by atoms with Crippen molar-refractivity contribution in [2.24, 2.45) is 0 Å². The second-order valence-electron chi connectivity index (χ2n) is 17.5. The van der Waals surface area contributed by atoms with Crippen LogP contribution in [0.15, 0.2) is 48.6 Å². The largest absolute Gasteiger partial charge is 0.466 e. The van der Waals surface area contributed by atoms with E-state index in [1.54, 1.807) is 6.08 Å². The Morgan fingerprint density at radius 2 is 0.850 bits per heavy atom.